The Morgan fingerprint density at radius 3 is 2.54 bits per heavy atom. The van der Waals surface area contributed by atoms with Crippen molar-refractivity contribution in [1.29, 1.82) is 0 Å². The minimum atomic E-state index is -0.965. The van der Waals surface area contributed by atoms with Crippen molar-refractivity contribution >= 4 is 54.8 Å². The van der Waals surface area contributed by atoms with Crippen LogP contribution in [0.2, 0.25) is 0 Å². The quantitative estimate of drug-likeness (QED) is 0.285. The second-order valence-electron chi connectivity index (χ2n) is 9.23. The number of ketones is 1. The molecule has 3 heterocycles. The van der Waals surface area contributed by atoms with E-state index in [9.17, 15) is 14.4 Å². The predicted molar refractivity (Wildman–Crippen MR) is 144 cm³/mol. The molecule has 9 heteroatoms. The molecule has 0 saturated heterocycles. The lowest BCUT2D eigenvalue weighted by molar-refractivity contribution is -0.120. The lowest BCUT2D eigenvalue weighted by atomic mass is 9.95. The molecule has 1 unspecified atom stereocenters. The Kier molecular flexibility index (Phi) is 5.84. The predicted octanol–water partition coefficient (Wildman–Crippen LogP) is 6.84. The molecule has 0 bridgehead atoms. The van der Waals surface area contributed by atoms with Crippen LogP contribution < -0.4 is 20.3 Å². The van der Waals surface area contributed by atoms with Gasteiger partial charge in [-0.3, -0.25) is 9.69 Å². The van der Waals surface area contributed by atoms with E-state index in [4.69, 9.17) is 4.74 Å². The van der Waals surface area contributed by atoms with E-state index in [1.54, 1.807) is 22.5 Å². The molecule has 1 atom stereocenters. The molecule has 1 saturated carbocycles. The Hall–Kier alpha value is -4.24. The number of pyridine rings is 1. The van der Waals surface area contributed by atoms with Crippen LogP contribution in [-0.4, -0.2) is 28.1 Å². The minimum absolute atomic E-state index is 0.0246. The van der Waals surface area contributed by atoms with E-state index in [-0.39, 0.29) is 23.1 Å². The van der Waals surface area contributed by atoms with Crippen molar-refractivity contribution < 1.29 is 19.1 Å². The monoisotopic (exact) mass is 513 g/mol. The van der Waals surface area contributed by atoms with E-state index in [1.165, 1.54) is 0 Å². The van der Waals surface area contributed by atoms with E-state index in [1.807, 2.05) is 55.5 Å². The van der Waals surface area contributed by atoms with Gasteiger partial charge in [0.25, 0.3) is 4.83 Å². The van der Waals surface area contributed by atoms with Crippen molar-refractivity contribution in [3.8, 4) is 11.5 Å². The molecule has 8 nitrogen and oxygen atoms in total. The van der Waals surface area contributed by atoms with Gasteiger partial charge < -0.3 is 15.4 Å². The third kappa shape index (κ3) is 4.21. The fourth-order valence-corrected chi connectivity index (χ4v) is 6.57. The Morgan fingerprint density at radius 2 is 1.76 bits per heavy atom. The van der Waals surface area contributed by atoms with E-state index < -0.39 is 10.5 Å². The first-order chi connectivity index (χ1) is 18.0. The van der Waals surface area contributed by atoms with E-state index in [0.717, 1.165) is 10.9 Å². The third-order valence-electron chi connectivity index (χ3n) is 6.78. The number of amides is 3. The highest BCUT2D eigenvalue weighted by Gasteiger charge is 2.38. The van der Waals surface area contributed by atoms with Gasteiger partial charge in [-0.25, -0.2) is 14.6 Å². The lowest BCUT2D eigenvalue weighted by Gasteiger charge is -2.28. The standard InChI is InChI=1S/C28H24N4O4S/c1-17-6-2-4-8-23(17)36-24-9-5-3-7-21(24)32-22-14-15-29-26-25(22)20(31-27(32)34)16-37(26)28(35)30-18-10-12-19(33)13-11-18/h2-9,14-16,18H,10-13H2,1H3,(H-,30,31,34,35)/p+1. The molecule has 2 aliphatic rings. The van der Waals surface area contributed by atoms with Gasteiger partial charge in [-0.1, -0.05) is 30.3 Å². The average Bonchev–Trinajstić information content (AvgIpc) is 3.27. The number of para-hydroxylation sites is 3. The summed E-state index contributed by atoms with van der Waals surface area (Å²) in [6, 6.07) is 16.5. The van der Waals surface area contributed by atoms with Gasteiger partial charge in [0, 0.05) is 25.1 Å². The minimum Gasteiger partial charge on any atom is -0.455 e. The fraction of sp³-hybridized carbons (Fsp3) is 0.214. The number of benzene rings is 2. The maximum atomic E-state index is 13.4. The van der Waals surface area contributed by atoms with Gasteiger partial charge in [0.05, 0.1) is 11.4 Å². The van der Waals surface area contributed by atoms with Gasteiger partial charge in [0.15, 0.2) is 11.1 Å². The number of urea groups is 1. The number of thiophene rings is 1. The largest absolute Gasteiger partial charge is 0.458 e. The number of nitrogens with zero attached hydrogens (tertiary/aromatic N) is 2. The molecule has 2 aromatic heterocycles. The summed E-state index contributed by atoms with van der Waals surface area (Å²) in [7, 11) is -0.965. The lowest BCUT2D eigenvalue weighted by Crippen LogP contribution is -2.35. The molecule has 186 valence electrons. The van der Waals surface area contributed by atoms with E-state index in [0.29, 0.717) is 59.1 Å². The molecule has 37 heavy (non-hydrogen) atoms. The van der Waals surface area contributed by atoms with Crippen LogP contribution in [0.25, 0.3) is 10.2 Å². The van der Waals surface area contributed by atoms with E-state index >= 15 is 0 Å². The van der Waals surface area contributed by atoms with Crippen LogP contribution in [0.1, 0.15) is 31.2 Å². The van der Waals surface area contributed by atoms with Crippen LogP contribution in [-0.2, 0) is 4.79 Å². The summed E-state index contributed by atoms with van der Waals surface area (Å²) >= 11 is 0. The zero-order chi connectivity index (χ0) is 25.5. The van der Waals surface area contributed by atoms with Crippen LogP contribution >= 0.6 is 10.5 Å². The average molecular weight is 514 g/mol. The van der Waals surface area contributed by atoms with Crippen LogP contribution in [0, 0.1) is 6.92 Å². The highest BCUT2D eigenvalue weighted by molar-refractivity contribution is 7.54. The summed E-state index contributed by atoms with van der Waals surface area (Å²) in [6.45, 7) is 1.97. The number of aryl methyl sites for hydroxylation is 1. The van der Waals surface area contributed by atoms with Crippen molar-refractivity contribution in [2.75, 3.05) is 10.2 Å². The van der Waals surface area contributed by atoms with Crippen LogP contribution in [0.15, 0.2) is 66.2 Å². The molecule has 3 amide bonds. The zero-order valence-electron chi connectivity index (χ0n) is 20.2. The van der Waals surface area contributed by atoms with Gasteiger partial charge in [-0.15, -0.1) is 0 Å². The Balaban J connectivity index is 1.38. The number of hydrogen-bond donors (Lipinski definition) is 2. The number of Topliss-reactive ketones (excluding diaryl/α,β-unsaturated/α-hetero) is 1. The van der Waals surface area contributed by atoms with Crippen molar-refractivity contribution in [2.45, 2.75) is 38.6 Å². The zero-order valence-corrected chi connectivity index (χ0v) is 21.0. The number of aromatic nitrogens is 1. The second kappa shape index (κ2) is 9.33. The molecular weight excluding hydrogens is 488 g/mol. The van der Waals surface area contributed by atoms with Crippen molar-refractivity contribution in [1.82, 2.24) is 10.3 Å². The number of hydrogen-bond acceptors (Lipinski definition) is 5. The number of rotatable bonds is 5. The highest BCUT2D eigenvalue weighted by atomic mass is 32.2. The SMILES string of the molecule is Cc1ccccc1Oc1ccccc1N1C(=O)Nc2c[s+](C(=O)NC3CCC(=O)CC3)c3nccc1c23. The summed E-state index contributed by atoms with van der Waals surface area (Å²) in [5, 5.41) is 8.43. The maximum absolute atomic E-state index is 13.4. The summed E-state index contributed by atoms with van der Waals surface area (Å²) in [6.07, 6.45) is 3.93. The van der Waals surface area contributed by atoms with Crippen molar-refractivity contribution in [3.63, 3.8) is 0 Å². The molecule has 0 radical (unpaired) electrons. The van der Waals surface area contributed by atoms with Crippen LogP contribution in [0.3, 0.4) is 0 Å². The molecule has 6 rings (SSSR count). The van der Waals surface area contributed by atoms with Crippen LogP contribution in [0.5, 0.6) is 11.5 Å². The third-order valence-corrected chi connectivity index (χ3v) is 8.49. The molecule has 2 N–H and O–H groups in total. The number of carbonyl (C=O) groups is 3. The second-order valence-corrected chi connectivity index (χ2v) is 10.9. The van der Waals surface area contributed by atoms with Crippen LogP contribution in [0.4, 0.5) is 26.7 Å². The molecule has 1 aliphatic heterocycles. The maximum Gasteiger partial charge on any atom is 0.458 e. The van der Waals surface area contributed by atoms with Gasteiger partial charge in [-0.05, 0) is 49.6 Å². The molecule has 1 fully saturated rings. The summed E-state index contributed by atoms with van der Waals surface area (Å²) in [5.41, 5.74) is 2.80. The molecule has 4 aromatic rings. The van der Waals surface area contributed by atoms with Crippen molar-refractivity contribution in [3.05, 3.63) is 71.7 Å². The van der Waals surface area contributed by atoms with E-state index in [2.05, 4.69) is 15.6 Å². The highest BCUT2D eigenvalue weighted by Crippen LogP contribution is 2.48. The number of nitrogens with one attached hydrogen (secondary N) is 2. The Bertz CT molecular complexity index is 1550. The van der Waals surface area contributed by atoms with Gasteiger partial charge in [0.2, 0.25) is 0 Å². The van der Waals surface area contributed by atoms with Crippen molar-refractivity contribution in [2.24, 2.45) is 0 Å². The summed E-state index contributed by atoms with van der Waals surface area (Å²) < 4.78 is 6.24. The fourth-order valence-electron chi connectivity index (χ4n) is 4.86. The number of anilines is 3. The Labute approximate surface area is 216 Å². The first-order valence-electron chi connectivity index (χ1n) is 12.2. The normalized spacial score (nSPS) is 16.0. The topological polar surface area (TPSA) is 101 Å². The molecular formula is C28H25N4O4S+. The summed E-state index contributed by atoms with van der Waals surface area (Å²) in [5.74, 6) is 1.48. The first-order valence-corrected chi connectivity index (χ1v) is 13.5. The molecule has 0 spiro atoms. The molecule has 1 aliphatic carbocycles. The van der Waals surface area contributed by atoms with Gasteiger partial charge in [-0.2, -0.15) is 0 Å². The number of ether oxygens (including phenoxy) is 1. The first kappa shape index (κ1) is 23.2. The van der Waals surface area contributed by atoms with Gasteiger partial charge in [0.1, 0.15) is 33.1 Å². The van der Waals surface area contributed by atoms with Gasteiger partial charge >= 0.3 is 11.3 Å². The molecule has 2 aromatic carbocycles. The summed E-state index contributed by atoms with van der Waals surface area (Å²) in [4.78, 5) is 45.0. The Morgan fingerprint density at radius 1 is 1.03 bits per heavy atom. The smallest absolute Gasteiger partial charge is 0.455 e. The number of carbonyl (C=O) groups excluding carboxylic acids is 3.